The van der Waals surface area contributed by atoms with Gasteiger partial charge in [0, 0.05) is 22.5 Å². The molecule has 0 radical (unpaired) electrons. The van der Waals surface area contributed by atoms with Gasteiger partial charge in [-0.3, -0.25) is 9.89 Å². The average Bonchev–Trinajstić information content (AvgIpc) is 3.44. The molecule has 2 aromatic carbocycles. The fourth-order valence-electron chi connectivity index (χ4n) is 3.92. The second-order valence-electron chi connectivity index (χ2n) is 7.56. The zero-order valence-corrected chi connectivity index (χ0v) is 17.2. The summed E-state index contributed by atoms with van der Waals surface area (Å²) in [6, 6.07) is 20.7. The van der Waals surface area contributed by atoms with Crippen LogP contribution in [0.3, 0.4) is 0 Å². The van der Waals surface area contributed by atoms with Crippen molar-refractivity contribution in [2.45, 2.75) is 26.4 Å². The summed E-state index contributed by atoms with van der Waals surface area (Å²) in [5.74, 6) is 0.00448. The van der Waals surface area contributed by atoms with Crippen LogP contribution in [0.5, 0.6) is 0 Å². The molecule has 3 heterocycles. The predicted octanol–water partition coefficient (Wildman–Crippen LogP) is 5.50. The van der Waals surface area contributed by atoms with Gasteiger partial charge in [0.2, 0.25) is 0 Å². The molecular formula is C24H21N3OS. The third-order valence-corrected chi connectivity index (χ3v) is 6.40. The Morgan fingerprint density at radius 3 is 2.34 bits per heavy atom. The minimum Gasteiger partial charge on any atom is -0.321 e. The SMILES string of the molecule is Cc1ccc(CN2C(=O)c3[nH]nc(-c4ccc(C)cc4)c3C2c2cccs2)cc1. The fourth-order valence-corrected chi connectivity index (χ4v) is 4.77. The molecule has 4 aromatic rings. The third-order valence-electron chi connectivity index (χ3n) is 5.48. The zero-order valence-electron chi connectivity index (χ0n) is 16.3. The molecule has 1 aliphatic rings. The minimum atomic E-state index is -0.131. The first-order chi connectivity index (χ1) is 14.1. The molecule has 1 atom stereocenters. The molecule has 0 saturated carbocycles. The highest BCUT2D eigenvalue weighted by Gasteiger charge is 2.42. The smallest absolute Gasteiger partial charge is 0.273 e. The maximum absolute atomic E-state index is 13.3. The number of rotatable bonds is 4. The van der Waals surface area contributed by atoms with E-state index in [1.807, 2.05) is 11.0 Å². The number of aromatic amines is 1. The molecule has 0 spiro atoms. The van der Waals surface area contributed by atoms with E-state index in [4.69, 9.17) is 0 Å². The number of carbonyl (C=O) groups is 1. The number of aryl methyl sites for hydroxylation is 2. The van der Waals surface area contributed by atoms with E-state index >= 15 is 0 Å². The first-order valence-corrected chi connectivity index (χ1v) is 10.5. The number of fused-ring (bicyclic) bond motifs is 1. The molecule has 1 unspecified atom stereocenters. The predicted molar refractivity (Wildman–Crippen MR) is 116 cm³/mol. The van der Waals surface area contributed by atoms with E-state index in [1.54, 1.807) is 11.3 Å². The third kappa shape index (κ3) is 3.08. The summed E-state index contributed by atoms with van der Waals surface area (Å²) in [6.45, 7) is 4.71. The van der Waals surface area contributed by atoms with Crippen LogP contribution in [-0.2, 0) is 6.54 Å². The van der Waals surface area contributed by atoms with Crippen LogP contribution < -0.4 is 0 Å². The van der Waals surface area contributed by atoms with Crippen LogP contribution in [0.4, 0.5) is 0 Å². The second-order valence-corrected chi connectivity index (χ2v) is 8.54. The van der Waals surface area contributed by atoms with Crippen molar-refractivity contribution in [3.05, 3.63) is 98.9 Å². The van der Waals surface area contributed by atoms with Gasteiger partial charge in [0.05, 0.1) is 11.7 Å². The minimum absolute atomic E-state index is 0.00448. The van der Waals surface area contributed by atoms with E-state index in [2.05, 4.69) is 84.0 Å². The Labute approximate surface area is 173 Å². The van der Waals surface area contributed by atoms with E-state index in [0.29, 0.717) is 12.2 Å². The number of hydrogen-bond acceptors (Lipinski definition) is 3. The summed E-state index contributed by atoms with van der Waals surface area (Å²) >= 11 is 1.68. The summed E-state index contributed by atoms with van der Waals surface area (Å²) < 4.78 is 0. The normalized spacial score (nSPS) is 15.7. The number of carbonyl (C=O) groups excluding carboxylic acids is 1. The van der Waals surface area contributed by atoms with Gasteiger partial charge in [0.25, 0.3) is 5.91 Å². The number of H-pyrrole nitrogens is 1. The summed E-state index contributed by atoms with van der Waals surface area (Å²) in [7, 11) is 0. The summed E-state index contributed by atoms with van der Waals surface area (Å²) in [5, 5.41) is 9.63. The fraction of sp³-hybridized carbons (Fsp3) is 0.167. The molecule has 5 rings (SSSR count). The number of aromatic nitrogens is 2. The summed E-state index contributed by atoms with van der Waals surface area (Å²) in [4.78, 5) is 16.4. The number of nitrogens with one attached hydrogen (secondary N) is 1. The van der Waals surface area contributed by atoms with Crippen molar-refractivity contribution in [2.24, 2.45) is 0 Å². The molecule has 1 amide bonds. The lowest BCUT2D eigenvalue weighted by molar-refractivity contribution is 0.0732. The molecule has 29 heavy (non-hydrogen) atoms. The summed E-state index contributed by atoms with van der Waals surface area (Å²) in [5.41, 5.74) is 7.01. The first-order valence-electron chi connectivity index (χ1n) is 9.67. The van der Waals surface area contributed by atoms with E-state index in [9.17, 15) is 4.79 Å². The zero-order chi connectivity index (χ0) is 20.0. The van der Waals surface area contributed by atoms with Gasteiger partial charge in [-0.2, -0.15) is 5.10 Å². The second kappa shape index (κ2) is 7.01. The van der Waals surface area contributed by atoms with Crippen LogP contribution in [0.1, 0.15) is 43.7 Å². The van der Waals surface area contributed by atoms with Crippen LogP contribution >= 0.6 is 11.3 Å². The first kappa shape index (κ1) is 17.9. The highest BCUT2D eigenvalue weighted by atomic mass is 32.1. The molecule has 0 fully saturated rings. The topological polar surface area (TPSA) is 49.0 Å². The van der Waals surface area contributed by atoms with Crippen molar-refractivity contribution < 1.29 is 4.79 Å². The van der Waals surface area contributed by atoms with Crippen molar-refractivity contribution in [1.82, 2.24) is 15.1 Å². The van der Waals surface area contributed by atoms with Gasteiger partial charge in [-0.05, 0) is 30.9 Å². The molecule has 4 nitrogen and oxygen atoms in total. The lowest BCUT2D eigenvalue weighted by atomic mass is 10.00. The van der Waals surface area contributed by atoms with Crippen molar-refractivity contribution in [1.29, 1.82) is 0 Å². The van der Waals surface area contributed by atoms with Crippen molar-refractivity contribution in [3.63, 3.8) is 0 Å². The van der Waals surface area contributed by atoms with Crippen LogP contribution in [0.15, 0.2) is 66.0 Å². The highest BCUT2D eigenvalue weighted by molar-refractivity contribution is 7.10. The molecule has 144 valence electrons. The van der Waals surface area contributed by atoms with Crippen LogP contribution in [0.2, 0.25) is 0 Å². The number of thiophene rings is 1. The Morgan fingerprint density at radius 1 is 1.00 bits per heavy atom. The Bertz CT molecular complexity index is 1160. The molecule has 0 saturated heterocycles. The lowest BCUT2D eigenvalue weighted by Crippen LogP contribution is -2.28. The monoisotopic (exact) mass is 399 g/mol. The Morgan fingerprint density at radius 2 is 1.69 bits per heavy atom. The number of nitrogens with zero attached hydrogens (tertiary/aromatic N) is 2. The van der Waals surface area contributed by atoms with Crippen LogP contribution in [0.25, 0.3) is 11.3 Å². The molecule has 0 bridgehead atoms. The average molecular weight is 400 g/mol. The van der Waals surface area contributed by atoms with Gasteiger partial charge in [-0.15, -0.1) is 11.3 Å². The molecule has 2 aromatic heterocycles. The Kier molecular flexibility index (Phi) is 4.32. The summed E-state index contributed by atoms with van der Waals surface area (Å²) in [6.07, 6.45) is 0. The van der Waals surface area contributed by atoms with Gasteiger partial charge >= 0.3 is 0 Å². The van der Waals surface area contributed by atoms with E-state index in [1.165, 1.54) is 11.1 Å². The quantitative estimate of drug-likeness (QED) is 0.492. The van der Waals surface area contributed by atoms with Gasteiger partial charge in [-0.25, -0.2) is 0 Å². The van der Waals surface area contributed by atoms with Gasteiger partial charge in [0.1, 0.15) is 5.69 Å². The van der Waals surface area contributed by atoms with Crippen molar-refractivity contribution >= 4 is 17.2 Å². The number of benzene rings is 2. The lowest BCUT2D eigenvalue weighted by Gasteiger charge is -2.25. The van der Waals surface area contributed by atoms with Gasteiger partial charge in [-0.1, -0.05) is 65.7 Å². The van der Waals surface area contributed by atoms with Gasteiger partial charge in [0.15, 0.2) is 0 Å². The highest BCUT2D eigenvalue weighted by Crippen LogP contribution is 2.44. The van der Waals surface area contributed by atoms with E-state index < -0.39 is 0 Å². The Balaban J connectivity index is 1.61. The molecule has 1 N–H and O–H groups in total. The largest absolute Gasteiger partial charge is 0.321 e. The van der Waals surface area contributed by atoms with E-state index in [0.717, 1.165) is 27.3 Å². The maximum atomic E-state index is 13.3. The standard InChI is InChI=1S/C24H21N3OS/c1-15-5-9-17(10-6-15)14-27-23(19-4-3-13-29-19)20-21(25-26-22(20)24(27)28)18-11-7-16(2)8-12-18/h3-13,23H,14H2,1-2H3,(H,25,26). The van der Waals surface area contributed by atoms with E-state index in [-0.39, 0.29) is 11.9 Å². The number of hydrogen-bond donors (Lipinski definition) is 1. The van der Waals surface area contributed by atoms with Crippen molar-refractivity contribution in [2.75, 3.05) is 0 Å². The molecular weight excluding hydrogens is 378 g/mol. The van der Waals surface area contributed by atoms with Crippen LogP contribution in [-0.4, -0.2) is 21.0 Å². The molecule has 5 heteroatoms. The van der Waals surface area contributed by atoms with Gasteiger partial charge < -0.3 is 4.90 Å². The van der Waals surface area contributed by atoms with Crippen molar-refractivity contribution in [3.8, 4) is 11.3 Å². The Hall–Kier alpha value is -3.18. The van der Waals surface area contributed by atoms with Crippen LogP contribution in [0, 0.1) is 13.8 Å². The number of amides is 1. The molecule has 0 aliphatic carbocycles. The molecule has 1 aliphatic heterocycles. The maximum Gasteiger partial charge on any atom is 0.273 e.